The van der Waals surface area contributed by atoms with Gasteiger partial charge in [-0.25, -0.2) is 0 Å². The summed E-state index contributed by atoms with van der Waals surface area (Å²) < 4.78 is 12.7. The van der Waals surface area contributed by atoms with Gasteiger partial charge in [-0.05, 0) is 56.0 Å². The third-order valence-electron chi connectivity index (χ3n) is 9.68. The summed E-state index contributed by atoms with van der Waals surface area (Å²) in [5, 5.41) is 23.2. The topological polar surface area (TPSA) is 83.6 Å². The van der Waals surface area contributed by atoms with E-state index in [1.54, 1.807) is 12.4 Å². The highest BCUT2D eigenvalue weighted by Crippen LogP contribution is 2.38. The molecule has 0 fully saturated rings. The van der Waals surface area contributed by atoms with Crippen LogP contribution in [0.25, 0.3) is 0 Å². The number of phenols is 2. The molecule has 0 heterocycles. The van der Waals surface area contributed by atoms with Crippen molar-refractivity contribution in [2.45, 2.75) is 130 Å². The summed E-state index contributed by atoms with van der Waals surface area (Å²) in [5.41, 5.74) is 6.58. The summed E-state index contributed by atoms with van der Waals surface area (Å²) in [5.74, 6) is 0.449. The van der Waals surface area contributed by atoms with E-state index in [0.29, 0.717) is 24.3 Å². The Kier molecular flexibility index (Phi) is 13.7. The van der Waals surface area contributed by atoms with Crippen LogP contribution in [-0.2, 0) is 44.3 Å². The second kappa shape index (κ2) is 17.5. The van der Waals surface area contributed by atoms with Crippen molar-refractivity contribution in [3.63, 3.8) is 0 Å². The van der Waals surface area contributed by atoms with Crippen LogP contribution in [0.5, 0.6) is 11.5 Å². The van der Waals surface area contributed by atoms with Crippen molar-refractivity contribution in [1.82, 2.24) is 0 Å². The third-order valence-corrected chi connectivity index (χ3v) is 9.68. The maximum atomic E-state index is 11.6. The smallest absolute Gasteiger partial charge is 0.128 e. The van der Waals surface area contributed by atoms with Gasteiger partial charge in [0.15, 0.2) is 0 Å². The summed E-state index contributed by atoms with van der Waals surface area (Å²) in [6, 6.07) is 27.5. The number of rotatable bonds is 13. The molecule has 6 heteroatoms. The second-order valence-electron chi connectivity index (χ2n) is 18.6. The fourth-order valence-electron chi connectivity index (χ4n) is 6.12. The zero-order valence-corrected chi connectivity index (χ0v) is 34.8. The van der Waals surface area contributed by atoms with Crippen LogP contribution in [0.4, 0.5) is 0 Å². The van der Waals surface area contributed by atoms with E-state index in [9.17, 15) is 10.2 Å². The van der Waals surface area contributed by atoms with Crippen LogP contribution in [0.3, 0.4) is 0 Å². The SMILES string of the molecule is CC(C)(C)c1cc(C=N[C@H](COCc2ccccc2)[C@@H](COCc2ccccc2)N=Cc2cc(C(C)(C)C)cc(C(C)(C)C)c2O)c(O)c(C(C)(C)C)c1. The van der Waals surface area contributed by atoms with Crippen LogP contribution in [0, 0.1) is 0 Å². The highest BCUT2D eigenvalue weighted by Gasteiger charge is 2.27. The number of nitrogens with zero attached hydrogens (tertiary/aromatic N) is 2. The zero-order chi connectivity index (χ0) is 39.9. The van der Waals surface area contributed by atoms with Crippen molar-refractivity contribution in [1.29, 1.82) is 0 Å². The van der Waals surface area contributed by atoms with Gasteiger partial charge < -0.3 is 19.7 Å². The maximum Gasteiger partial charge on any atom is 0.128 e. The summed E-state index contributed by atoms with van der Waals surface area (Å²) in [6.45, 7) is 27.1. The largest absolute Gasteiger partial charge is 0.507 e. The molecular formula is C48H64N2O4. The highest BCUT2D eigenvalue weighted by molar-refractivity contribution is 5.86. The Hall–Kier alpha value is -4.26. The minimum atomic E-state index is -0.480. The first-order valence-corrected chi connectivity index (χ1v) is 19.2. The van der Waals surface area contributed by atoms with Gasteiger partial charge in [-0.1, -0.05) is 156 Å². The first-order chi connectivity index (χ1) is 25.1. The van der Waals surface area contributed by atoms with Crippen LogP contribution in [0.1, 0.15) is 128 Å². The molecule has 4 aromatic carbocycles. The fourth-order valence-corrected chi connectivity index (χ4v) is 6.12. The summed E-state index contributed by atoms with van der Waals surface area (Å²) in [6.07, 6.45) is 3.54. The molecule has 0 saturated carbocycles. The van der Waals surface area contributed by atoms with Crippen LogP contribution >= 0.6 is 0 Å². The quantitative estimate of drug-likeness (QED) is 0.134. The standard InChI is InChI=1S/C48H64N2O4/c1-45(2,3)37-23-35(43(51)39(25-37)47(7,8)9)27-49-41(31-53-29-33-19-15-13-16-20-33)42(32-54-30-34-21-17-14-18-22-34)50-28-36-24-38(46(4,5)6)26-40(44(36)52)48(10,11)12/h13-28,41-42,51-52H,29-32H2,1-12H3/t41-,42-/m1/s1. The van der Waals surface area contributed by atoms with Crippen LogP contribution in [-0.4, -0.2) is 47.9 Å². The lowest BCUT2D eigenvalue weighted by atomic mass is 9.79. The average Bonchev–Trinajstić information content (AvgIpc) is 3.08. The molecule has 0 unspecified atom stereocenters. The van der Waals surface area contributed by atoms with Crippen LogP contribution in [0.2, 0.25) is 0 Å². The van der Waals surface area contributed by atoms with Crippen molar-refractivity contribution >= 4 is 12.4 Å². The number of phenolic OH excluding ortho intramolecular Hbond substituents is 2. The summed E-state index contributed by atoms with van der Waals surface area (Å²) >= 11 is 0. The van der Waals surface area contributed by atoms with Crippen molar-refractivity contribution in [3.05, 3.63) is 129 Å². The molecule has 4 rings (SSSR count). The second-order valence-corrected chi connectivity index (χ2v) is 18.6. The van der Waals surface area contributed by atoms with Crippen molar-refractivity contribution < 1.29 is 19.7 Å². The van der Waals surface area contributed by atoms with E-state index in [1.165, 1.54) is 0 Å². The van der Waals surface area contributed by atoms with E-state index in [1.807, 2.05) is 72.8 Å². The number of aliphatic imine (C=N–C) groups is 2. The Morgan fingerprint density at radius 2 is 0.833 bits per heavy atom. The molecule has 4 aromatic rings. The summed E-state index contributed by atoms with van der Waals surface area (Å²) in [4.78, 5) is 10.3. The molecule has 0 aliphatic heterocycles. The molecule has 0 aliphatic carbocycles. The zero-order valence-electron chi connectivity index (χ0n) is 34.8. The van der Waals surface area contributed by atoms with Gasteiger partial charge in [-0.2, -0.15) is 0 Å². The van der Waals surface area contributed by atoms with Crippen molar-refractivity contribution in [2.75, 3.05) is 13.2 Å². The van der Waals surface area contributed by atoms with Gasteiger partial charge in [0.05, 0.1) is 38.5 Å². The Morgan fingerprint density at radius 3 is 1.13 bits per heavy atom. The molecule has 0 radical (unpaired) electrons. The molecule has 0 amide bonds. The lowest BCUT2D eigenvalue weighted by molar-refractivity contribution is 0.0696. The molecule has 0 bridgehead atoms. The molecule has 0 aliphatic rings. The molecule has 54 heavy (non-hydrogen) atoms. The van der Waals surface area contributed by atoms with E-state index < -0.39 is 12.1 Å². The van der Waals surface area contributed by atoms with Gasteiger partial charge in [-0.15, -0.1) is 0 Å². The fraction of sp³-hybridized carbons (Fsp3) is 0.458. The monoisotopic (exact) mass is 732 g/mol. The molecule has 0 spiro atoms. The van der Waals surface area contributed by atoms with Crippen molar-refractivity contribution in [3.8, 4) is 11.5 Å². The number of hydrogen-bond acceptors (Lipinski definition) is 6. The number of ether oxygens (including phenoxy) is 2. The van der Waals surface area contributed by atoms with Gasteiger partial charge >= 0.3 is 0 Å². The van der Waals surface area contributed by atoms with E-state index in [4.69, 9.17) is 19.5 Å². The molecule has 6 nitrogen and oxygen atoms in total. The summed E-state index contributed by atoms with van der Waals surface area (Å²) in [7, 11) is 0. The van der Waals surface area contributed by atoms with E-state index in [2.05, 4.69) is 95.2 Å². The van der Waals surface area contributed by atoms with Gasteiger partial charge in [0.25, 0.3) is 0 Å². The predicted octanol–water partition coefficient (Wildman–Crippen LogP) is 11.0. The van der Waals surface area contributed by atoms with Gasteiger partial charge in [0, 0.05) is 34.7 Å². The average molecular weight is 733 g/mol. The predicted molar refractivity (Wildman–Crippen MR) is 226 cm³/mol. The Morgan fingerprint density at radius 1 is 0.500 bits per heavy atom. The minimum Gasteiger partial charge on any atom is -0.507 e. The Bertz CT molecular complexity index is 1730. The Balaban J connectivity index is 1.83. The lowest BCUT2D eigenvalue weighted by Crippen LogP contribution is -2.32. The highest BCUT2D eigenvalue weighted by atomic mass is 16.5. The molecular weight excluding hydrogens is 669 g/mol. The molecule has 0 saturated heterocycles. The first kappa shape index (κ1) is 42.5. The molecule has 0 aromatic heterocycles. The number of hydrogen-bond donors (Lipinski definition) is 2. The van der Waals surface area contributed by atoms with E-state index >= 15 is 0 Å². The van der Waals surface area contributed by atoms with E-state index in [-0.39, 0.29) is 46.4 Å². The van der Waals surface area contributed by atoms with Gasteiger partial charge in [0.2, 0.25) is 0 Å². The maximum absolute atomic E-state index is 11.6. The van der Waals surface area contributed by atoms with Gasteiger partial charge in [0.1, 0.15) is 11.5 Å². The van der Waals surface area contributed by atoms with Crippen LogP contribution in [0.15, 0.2) is 94.9 Å². The molecule has 2 N–H and O–H groups in total. The van der Waals surface area contributed by atoms with Crippen LogP contribution < -0.4 is 0 Å². The first-order valence-electron chi connectivity index (χ1n) is 19.2. The van der Waals surface area contributed by atoms with Gasteiger partial charge in [-0.3, -0.25) is 9.98 Å². The normalized spacial score (nSPS) is 14.2. The number of aromatic hydroxyl groups is 2. The number of benzene rings is 4. The van der Waals surface area contributed by atoms with Crippen molar-refractivity contribution in [2.24, 2.45) is 9.98 Å². The molecule has 2 atom stereocenters. The molecule has 290 valence electrons. The third kappa shape index (κ3) is 11.9. The Labute approximate surface area is 325 Å². The van der Waals surface area contributed by atoms with E-state index in [0.717, 1.165) is 33.4 Å². The lowest BCUT2D eigenvalue weighted by Gasteiger charge is -2.27. The minimum absolute atomic E-state index is 0.137.